The second-order valence-electron chi connectivity index (χ2n) is 10.7. The van der Waals surface area contributed by atoms with Crippen LogP contribution in [0.2, 0.25) is 0 Å². The van der Waals surface area contributed by atoms with Crippen molar-refractivity contribution in [1.82, 2.24) is 14.8 Å². The molecule has 2 fully saturated rings. The van der Waals surface area contributed by atoms with Crippen molar-refractivity contribution in [2.45, 2.75) is 52.7 Å². The normalized spacial score (nSPS) is 20.8. The Bertz CT molecular complexity index is 1120. The van der Waals surface area contributed by atoms with Gasteiger partial charge in [-0.05, 0) is 76.9 Å². The van der Waals surface area contributed by atoms with Crippen LogP contribution in [0.15, 0.2) is 41.7 Å². The average Bonchev–Trinajstić information content (AvgIpc) is 3.42. The third kappa shape index (κ3) is 6.19. The molecule has 0 aliphatic carbocycles. The lowest BCUT2D eigenvalue weighted by Crippen LogP contribution is -2.37. The minimum atomic E-state index is -0.951. The van der Waals surface area contributed by atoms with Crippen molar-refractivity contribution >= 4 is 11.8 Å². The first-order valence-electron chi connectivity index (χ1n) is 12.4. The highest BCUT2D eigenvalue weighted by Gasteiger charge is 2.45. The van der Waals surface area contributed by atoms with E-state index in [2.05, 4.69) is 15.0 Å². The molecule has 0 bridgehead atoms. The fourth-order valence-corrected chi connectivity index (χ4v) is 4.85. The van der Waals surface area contributed by atoms with Gasteiger partial charge in [-0.25, -0.2) is 13.6 Å². The lowest BCUT2D eigenvalue weighted by atomic mass is 9.86. The van der Waals surface area contributed by atoms with Gasteiger partial charge in [0, 0.05) is 43.4 Å². The molecule has 2 aliphatic heterocycles. The average molecular weight is 501 g/mol. The van der Waals surface area contributed by atoms with E-state index in [-0.39, 0.29) is 11.5 Å². The van der Waals surface area contributed by atoms with Crippen molar-refractivity contribution in [3.05, 3.63) is 65.0 Å². The molecule has 0 radical (unpaired) electrons. The van der Waals surface area contributed by atoms with Gasteiger partial charge in [-0.2, -0.15) is 0 Å². The summed E-state index contributed by atoms with van der Waals surface area (Å²) in [5, 5.41) is 4.09. The number of hydrogen-bond donors (Lipinski definition) is 0. The van der Waals surface area contributed by atoms with Gasteiger partial charge in [0.05, 0.1) is 5.69 Å². The summed E-state index contributed by atoms with van der Waals surface area (Å²) in [6.07, 6.45) is 3.57. The first-order chi connectivity index (χ1) is 17.1. The topological polar surface area (TPSA) is 67.3 Å². The number of benzene rings is 1. The standard InChI is InChI=1S/C27H34F2N4O3/c1-5-35-31-24(20-7-8-21(28)22(29)14-20)23-9-6-19(15-30-23)16-32-12-10-27(17-32)11-13-33(18-27)25(34)36-26(2,3)4/h6-9,14-15H,5,10-13,16-18H2,1-4H3/b31-24+. The minimum absolute atomic E-state index is 0.105. The van der Waals surface area contributed by atoms with Gasteiger partial charge in [-0.3, -0.25) is 9.88 Å². The van der Waals surface area contributed by atoms with Gasteiger partial charge in [0.2, 0.25) is 0 Å². The molecular weight excluding hydrogens is 466 g/mol. The number of carbonyl (C=O) groups is 1. The van der Waals surface area contributed by atoms with Crippen LogP contribution in [0.1, 0.15) is 57.4 Å². The monoisotopic (exact) mass is 500 g/mol. The lowest BCUT2D eigenvalue weighted by molar-refractivity contribution is 0.0274. The van der Waals surface area contributed by atoms with Gasteiger partial charge in [-0.15, -0.1) is 0 Å². The zero-order valence-corrected chi connectivity index (χ0v) is 21.4. The third-order valence-electron chi connectivity index (χ3n) is 6.56. The highest BCUT2D eigenvalue weighted by Crippen LogP contribution is 2.40. The van der Waals surface area contributed by atoms with Crippen LogP contribution in [-0.4, -0.2) is 65.0 Å². The van der Waals surface area contributed by atoms with E-state index in [4.69, 9.17) is 9.57 Å². The molecule has 1 aromatic heterocycles. The predicted octanol–water partition coefficient (Wildman–Crippen LogP) is 4.98. The van der Waals surface area contributed by atoms with E-state index >= 15 is 0 Å². The second kappa shape index (κ2) is 10.5. The van der Waals surface area contributed by atoms with Gasteiger partial charge >= 0.3 is 6.09 Å². The van der Waals surface area contributed by atoms with Gasteiger partial charge in [-0.1, -0.05) is 11.2 Å². The molecule has 194 valence electrons. The van der Waals surface area contributed by atoms with Crippen LogP contribution < -0.4 is 0 Å². The molecule has 3 heterocycles. The van der Waals surface area contributed by atoms with E-state index < -0.39 is 17.2 Å². The highest BCUT2D eigenvalue weighted by atomic mass is 19.2. The van der Waals surface area contributed by atoms with Gasteiger partial charge in [0.1, 0.15) is 17.9 Å². The first-order valence-corrected chi connectivity index (χ1v) is 12.4. The SMILES string of the molecule is CCO/N=C(\c1ccc(F)c(F)c1)c1ccc(CN2CCC3(CCN(C(=O)OC(C)(C)C)C3)C2)cn1. The molecule has 0 N–H and O–H groups in total. The number of carbonyl (C=O) groups excluding carboxylic acids is 1. The summed E-state index contributed by atoms with van der Waals surface area (Å²) in [6.45, 7) is 11.9. The number of amides is 1. The molecule has 36 heavy (non-hydrogen) atoms. The van der Waals surface area contributed by atoms with Crippen LogP contribution in [-0.2, 0) is 16.1 Å². The summed E-state index contributed by atoms with van der Waals surface area (Å²) in [5.41, 5.74) is 1.90. The Morgan fingerprint density at radius 3 is 2.56 bits per heavy atom. The predicted molar refractivity (Wildman–Crippen MR) is 133 cm³/mol. The number of likely N-dealkylation sites (tertiary alicyclic amines) is 2. The minimum Gasteiger partial charge on any atom is -0.444 e. The van der Waals surface area contributed by atoms with Gasteiger partial charge in [0.25, 0.3) is 0 Å². The summed E-state index contributed by atoms with van der Waals surface area (Å²) in [4.78, 5) is 26.5. The van der Waals surface area contributed by atoms with Crippen LogP contribution >= 0.6 is 0 Å². The molecule has 7 nitrogen and oxygen atoms in total. The van der Waals surface area contributed by atoms with Crippen molar-refractivity contribution in [1.29, 1.82) is 0 Å². The maximum Gasteiger partial charge on any atom is 0.410 e. The number of aromatic nitrogens is 1. The fraction of sp³-hybridized carbons (Fsp3) is 0.519. The molecule has 9 heteroatoms. The quantitative estimate of drug-likeness (QED) is 0.413. The van der Waals surface area contributed by atoms with E-state index in [9.17, 15) is 13.6 Å². The van der Waals surface area contributed by atoms with Crippen molar-refractivity contribution in [3.63, 3.8) is 0 Å². The van der Waals surface area contributed by atoms with Crippen molar-refractivity contribution in [2.75, 3.05) is 32.8 Å². The Kier molecular flexibility index (Phi) is 7.59. The van der Waals surface area contributed by atoms with Crippen LogP contribution in [0.3, 0.4) is 0 Å². The zero-order valence-electron chi connectivity index (χ0n) is 21.4. The molecule has 2 aromatic rings. The molecule has 1 spiro atoms. The van der Waals surface area contributed by atoms with E-state index in [1.54, 1.807) is 13.1 Å². The first kappa shape index (κ1) is 26.0. The summed E-state index contributed by atoms with van der Waals surface area (Å²) in [7, 11) is 0. The Balaban J connectivity index is 1.39. The molecule has 1 atom stereocenters. The van der Waals surface area contributed by atoms with Crippen LogP contribution in [0.5, 0.6) is 0 Å². The highest BCUT2D eigenvalue weighted by molar-refractivity contribution is 6.11. The Hall–Kier alpha value is -3.07. The number of rotatable bonds is 6. The van der Waals surface area contributed by atoms with Gasteiger partial charge < -0.3 is 14.5 Å². The molecule has 1 unspecified atom stereocenters. The fourth-order valence-electron chi connectivity index (χ4n) is 4.85. The van der Waals surface area contributed by atoms with Crippen molar-refractivity contribution in [3.8, 4) is 0 Å². The molecule has 1 amide bonds. The van der Waals surface area contributed by atoms with E-state index in [0.717, 1.165) is 63.3 Å². The number of nitrogens with zero attached hydrogens (tertiary/aromatic N) is 4. The molecule has 0 saturated carbocycles. The summed E-state index contributed by atoms with van der Waals surface area (Å²) in [6, 6.07) is 7.40. The Morgan fingerprint density at radius 1 is 1.11 bits per heavy atom. The number of oxime groups is 1. The number of halogens is 2. The van der Waals surface area contributed by atoms with Crippen molar-refractivity contribution in [2.24, 2.45) is 10.6 Å². The molecule has 2 saturated heterocycles. The maximum absolute atomic E-state index is 13.8. The van der Waals surface area contributed by atoms with E-state index in [1.807, 2.05) is 37.8 Å². The van der Waals surface area contributed by atoms with E-state index in [1.165, 1.54) is 6.07 Å². The smallest absolute Gasteiger partial charge is 0.410 e. The van der Waals surface area contributed by atoms with E-state index in [0.29, 0.717) is 23.6 Å². The Labute approximate surface area is 211 Å². The number of hydrogen-bond acceptors (Lipinski definition) is 6. The zero-order chi connectivity index (χ0) is 25.9. The molecular formula is C27H34F2N4O3. The summed E-state index contributed by atoms with van der Waals surface area (Å²) >= 11 is 0. The van der Waals surface area contributed by atoms with Crippen LogP contribution in [0.4, 0.5) is 13.6 Å². The summed E-state index contributed by atoms with van der Waals surface area (Å²) < 4.78 is 32.8. The molecule has 4 rings (SSSR count). The largest absolute Gasteiger partial charge is 0.444 e. The van der Waals surface area contributed by atoms with Gasteiger partial charge in [0.15, 0.2) is 11.6 Å². The number of ether oxygens (including phenoxy) is 1. The third-order valence-corrected chi connectivity index (χ3v) is 6.56. The van der Waals surface area contributed by atoms with Crippen LogP contribution in [0.25, 0.3) is 0 Å². The molecule has 2 aliphatic rings. The second-order valence-corrected chi connectivity index (χ2v) is 10.7. The van der Waals surface area contributed by atoms with Crippen molar-refractivity contribution < 1.29 is 23.1 Å². The maximum atomic E-state index is 13.8. The lowest BCUT2D eigenvalue weighted by Gasteiger charge is -2.27. The molecule has 1 aromatic carbocycles. The number of pyridine rings is 1. The van der Waals surface area contributed by atoms with Crippen LogP contribution in [0, 0.1) is 17.0 Å². The Morgan fingerprint density at radius 2 is 1.89 bits per heavy atom. The summed E-state index contributed by atoms with van der Waals surface area (Å²) in [5.74, 6) is -1.87.